The van der Waals surface area contributed by atoms with E-state index < -0.39 is 39.3 Å². The fraction of sp³-hybridized carbons (Fsp3) is 0.462. The lowest BCUT2D eigenvalue weighted by Gasteiger charge is -2.30. The van der Waals surface area contributed by atoms with Crippen molar-refractivity contribution in [3.8, 4) is 0 Å². The van der Waals surface area contributed by atoms with Gasteiger partial charge in [0.15, 0.2) is 0 Å². The Kier molecular flexibility index (Phi) is 8.45. The molecule has 1 aromatic carbocycles. The number of anilines is 1. The quantitative estimate of drug-likeness (QED) is 0.233. The zero-order valence-electron chi connectivity index (χ0n) is 15.6. The van der Waals surface area contributed by atoms with Gasteiger partial charge >= 0.3 is 0 Å². The maximum absolute atomic E-state index is 12.6. The van der Waals surface area contributed by atoms with Gasteiger partial charge in [-0.05, 0) is 24.1 Å². The highest BCUT2D eigenvalue weighted by Crippen LogP contribution is 2.38. The smallest absolute Gasteiger partial charge is 0.294 e. The number of hydrogen-bond acceptors (Lipinski definition) is 12. The molecule has 18 heteroatoms. The third kappa shape index (κ3) is 7.55. The number of carbonyl (C=O) groups is 1. The SMILES string of the molecule is NS(=O)(=O)c1cc2c(cc1Cl)NCN(CC(=O)N(CCO[N+](=O)[O-])CCO[N+](=O)[O-])S2. The van der Waals surface area contributed by atoms with Gasteiger partial charge in [-0.1, -0.05) is 11.6 Å². The molecule has 0 radical (unpaired) electrons. The molecule has 0 saturated heterocycles. The van der Waals surface area contributed by atoms with Crippen molar-refractivity contribution in [1.82, 2.24) is 9.21 Å². The maximum Gasteiger partial charge on any atom is 0.294 e. The number of sulfonamides is 1. The summed E-state index contributed by atoms with van der Waals surface area (Å²) in [7, 11) is -4.06. The first-order chi connectivity index (χ1) is 14.5. The first-order valence-electron chi connectivity index (χ1n) is 8.33. The van der Waals surface area contributed by atoms with Crippen molar-refractivity contribution in [2.24, 2.45) is 5.14 Å². The largest absolute Gasteiger partial charge is 0.370 e. The lowest BCUT2D eigenvalue weighted by Crippen LogP contribution is -2.43. The number of carbonyl (C=O) groups excluding carboxylic acids is 1. The molecule has 31 heavy (non-hydrogen) atoms. The van der Waals surface area contributed by atoms with Crippen LogP contribution < -0.4 is 10.5 Å². The van der Waals surface area contributed by atoms with E-state index in [9.17, 15) is 33.4 Å². The second-order valence-corrected chi connectivity index (χ2v) is 8.96. The van der Waals surface area contributed by atoms with Gasteiger partial charge in [-0.3, -0.25) is 4.79 Å². The molecule has 1 amide bonds. The van der Waals surface area contributed by atoms with Crippen LogP contribution in [0.3, 0.4) is 0 Å². The van der Waals surface area contributed by atoms with Crippen LogP contribution in [-0.2, 0) is 24.5 Å². The average Bonchev–Trinajstić information content (AvgIpc) is 2.65. The predicted molar refractivity (Wildman–Crippen MR) is 106 cm³/mol. The number of hydrogen-bond donors (Lipinski definition) is 2. The van der Waals surface area contributed by atoms with E-state index in [0.29, 0.717) is 10.6 Å². The molecule has 3 N–H and O–H groups in total. The fourth-order valence-corrected chi connectivity index (χ4v) is 4.62. The van der Waals surface area contributed by atoms with Gasteiger partial charge in [0.25, 0.3) is 10.2 Å². The van der Waals surface area contributed by atoms with E-state index in [1.54, 1.807) is 4.31 Å². The van der Waals surface area contributed by atoms with Crippen LogP contribution in [-0.4, -0.2) is 73.2 Å². The van der Waals surface area contributed by atoms with E-state index in [1.807, 2.05) is 0 Å². The van der Waals surface area contributed by atoms with Gasteiger partial charge in [0.1, 0.15) is 18.1 Å². The average molecular weight is 501 g/mol. The second kappa shape index (κ2) is 10.6. The third-order valence-electron chi connectivity index (χ3n) is 3.79. The molecule has 1 aromatic rings. The minimum absolute atomic E-state index is 0.0540. The fourth-order valence-electron chi connectivity index (χ4n) is 2.46. The summed E-state index contributed by atoms with van der Waals surface area (Å²) >= 11 is 7.01. The topological polar surface area (TPSA) is 200 Å². The summed E-state index contributed by atoms with van der Waals surface area (Å²) in [4.78, 5) is 42.9. The summed E-state index contributed by atoms with van der Waals surface area (Å²) in [5.74, 6) is -0.516. The highest BCUT2D eigenvalue weighted by Gasteiger charge is 2.25. The van der Waals surface area contributed by atoms with E-state index >= 15 is 0 Å². The zero-order valence-corrected chi connectivity index (χ0v) is 18.0. The molecule has 0 spiro atoms. The van der Waals surface area contributed by atoms with Gasteiger partial charge in [0.2, 0.25) is 15.9 Å². The highest BCUT2D eigenvalue weighted by molar-refractivity contribution is 7.97. The van der Waals surface area contributed by atoms with E-state index in [1.165, 1.54) is 12.1 Å². The molecule has 15 nitrogen and oxygen atoms in total. The molecule has 0 bridgehead atoms. The van der Waals surface area contributed by atoms with Gasteiger partial charge in [-0.15, -0.1) is 20.2 Å². The van der Waals surface area contributed by atoms with E-state index in [0.717, 1.165) is 16.8 Å². The van der Waals surface area contributed by atoms with Crippen LogP contribution in [0, 0.1) is 20.2 Å². The zero-order chi connectivity index (χ0) is 23.2. The number of fused-ring (bicyclic) bond motifs is 1. The molecule has 0 aromatic heterocycles. The number of nitrogens with zero attached hydrogens (tertiary/aromatic N) is 4. The maximum atomic E-state index is 12.6. The van der Waals surface area contributed by atoms with Crippen LogP contribution in [0.25, 0.3) is 0 Å². The molecule has 0 saturated carbocycles. The first kappa shape index (κ1) is 24.7. The molecule has 1 heterocycles. The lowest BCUT2D eigenvalue weighted by atomic mass is 10.3. The monoisotopic (exact) mass is 500 g/mol. The Morgan fingerprint density at radius 1 is 1.26 bits per heavy atom. The standard InChI is InChI=1S/C13H17ClN6O9S2/c14-9-5-10-11(6-12(9)31(15,26)27)30-18(8-16-10)7-13(21)17(1-3-28-19(22)23)2-4-29-20(24)25/h5-6,16H,1-4,7-8H2,(H2,15,26,27). The number of nitrogens with two attached hydrogens (primary N) is 1. The highest BCUT2D eigenvalue weighted by atomic mass is 35.5. The van der Waals surface area contributed by atoms with Crippen molar-refractivity contribution in [3.63, 3.8) is 0 Å². The predicted octanol–water partition coefficient (Wildman–Crippen LogP) is -0.0753. The summed E-state index contributed by atoms with van der Waals surface area (Å²) in [5.41, 5.74) is 0.543. The van der Waals surface area contributed by atoms with Gasteiger partial charge in [-0.2, -0.15) is 0 Å². The molecular formula is C13H17ClN6O9S2. The van der Waals surface area contributed by atoms with Gasteiger partial charge < -0.3 is 19.9 Å². The number of amides is 1. The van der Waals surface area contributed by atoms with E-state index in [4.69, 9.17) is 16.7 Å². The van der Waals surface area contributed by atoms with Crippen LogP contribution in [0.4, 0.5) is 5.69 Å². The summed E-state index contributed by atoms with van der Waals surface area (Å²) in [6, 6.07) is 2.67. The number of nitrogens with one attached hydrogen (secondary N) is 1. The van der Waals surface area contributed by atoms with E-state index in [2.05, 4.69) is 15.0 Å². The van der Waals surface area contributed by atoms with Crippen LogP contribution in [0.2, 0.25) is 5.02 Å². The molecule has 1 aliphatic rings. The van der Waals surface area contributed by atoms with Gasteiger partial charge in [0, 0.05) is 18.0 Å². The first-order valence-corrected chi connectivity index (χ1v) is 11.0. The normalized spacial score (nSPS) is 13.6. The van der Waals surface area contributed by atoms with Crippen molar-refractivity contribution >= 4 is 45.2 Å². The minimum Gasteiger partial charge on any atom is -0.370 e. The second-order valence-electron chi connectivity index (χ2n) is 5.88. The molecule has 0 atom stereocenters. The minimum atomic E-state index is -4.06. The Morgan fingerprint density at radius 3 is 2.35 bits per heavy atom. The van der Waals surface area contributed by atoms with Gasteiger partial charge in [-0.25, -0.2) is 17.9 Å². The molecule has 172 valence electrons. The van der Waals surface area contributed by atoms with Gasteiger partial charge in [0.05, 0.1) is 23.9 Å². The van der Waals surface area contributed by atoms with Crippen molar-refractivity contribution in [3.05, 3.63) is 37.4 Å². The van der Waals surface area contributed by atoms with Crippen molar-refractivity contribution in [2.45, 2.75) is 9.79 Å². The summed E-state index contributed by atoms with van der Waals surface area (Å²) in [6.45, 7) is -1.28. The Bertz CT molecular complexity index is 943. The van der Waals surface area contributed by atoms with Crippen LogP contribution in [0.1, 0.15) is 0 Å². The molecule has 0 unspecified atom stereocenters. The molecule has 0 fully saturated rings. The number of rotatable bonds is 11. The van der Waals surface area contributed by atoms with Crippen LogP contribution in [0.5, 0.6) is 0 Å². The Morgan fingerprint density at radius 2 is 1.84 bits per heavy atom. The van der Waals surface area contributed by atoms with Crippen LogP contribution in [0.15, 0.2) is 21.9 Å². The molecule has 2 rings (SSSR count). The Labute approximate surface area is 184 Å². The molecule has 1 aliphatic heterocycles. The van der Waals surface area contributed by atoms with Crippen LogP contribution >= 0.6 is 23.5 Å². The summed E-state index contributed by atoms with van der Waals surface area (Å²) in [5, 5.41) is 26.6. The number of benzene rings is 1. The van der Waals surface area contributed by atoms with E-state index in [-0.39, 0.29) is 36.2 Å². The summed E-state index contributed by atoms with van der Waals surface area (Å²) < 4.78 is 24.9. The Balaban J connectivity index is 2.06. The summed E-state index contributed by atoms with van der Waals surface area (Å²) in [6.07, 6.45) is 0. The Hall–Kier alpha value is -2.60. The number of halogens is 1. The number of primary sulfonamides is 1. The molecular weight excluding hydrogens is 484 g/mol. The lowest BCUT2D eigenvalue weighted by molar-refractivity contribution is -0.758. The van der Waals surface area contributed by atoms with Crippen molar-refractivity contribution < 1.29 is 33.1 Å². The van der Waals surface area contributed by atoms with Crippen molar-refractivity contribution in [2.75, 3.05) is 44.8 Å². The molecule has 0 aliphatic carbocycles. The van der Waals surface area contributed by atoms with Crippen molar-refractivity contribution in [1.29, 1.82) is 0 Å². The third-order valence-corrected chi connectivity index (χ3v) is 6.22.